The molecule has 26 heavy (non-hydrogen) atoms. The molecule has 0 fully saturated rings. The Morgan fingerprint density at radius 3 is 2.77 bits per heavy atom. The summed E-state index contributed by atoms with van der Waals surface area (Å²) in [5.74, 6) is 0.682. The normalized spacial score (nSPS) is 11.2. The zero-order valence-corrected chi connectivity index (χ0v) is 13.9. The average Bonchev–Trinajstić information content (AvgIpc) is 3.12. The number of halogens is 3. The highest BCUT2D eigenvalue weighted by molar-refractivity contribution is 6.33. The van der Waals surface area contributed by atoms with Gasteiger partial charge in [0.25, 0.3) is 6.43 Å². The van der Waals surface area contributed by atoms with Gasteiger partial charge in [0.15, 0.2) is 5.82 Å². The Morgan fingerprint density at radius 2 is 1.96 bits per heavy atom. The van der Waals surface area contributed by atoms with Crippen LogP contribution in [0, 0.1) is 0 Å². The first-order valence-electron chi connectivity index (χ1n) is 7.59. The van der Waals surface area contributed by atoms with E-state index in [1.165, 1.54) is 18.3 Å². The molecule has 1 N–H and O–H groups in total. The fourth-order valence-electron chi connectivity index (χ4n) is 2.44. The Kier molecular flexibility index (Phi) is 4.18. The van der Waals surface area contributed by atoms with Crippen molar-refractivity contribution in [1.82, 2.24) is 24.6 Å². The summed E-state index contributed by atoms with van der Waals surface area (Å²) >= 11 is 6.14. The number of hydrogen-bond acceptors (Lipinski definition) is 5. The molecule has 0 aromatic carbocycles. The van der Waals surface area contributed by atoms with Gasteiger partial charge in [0.2, 0.25) is 5.82 Å². The second-order valence-electron chi connectivity index (χ2n) is 5.35. The Labute approximate surface area is 151 Å². The van der Waals surface area contributed by atoms with E-state index in [4.69, 9.17) is 11.6 Å². The minimum atomic E-state index is -2.67. The zero-order chi connectivity index (χ0) is 18.1. The lowest BCUT2D eigenvalue weighted by Crippen LogP contribution is -2.05. The summed E-state index contributed by atoms with van der Waals surface area (Å²) in [6.45, 7) is 0. The van der Waals surface area contributed by atoms with Gasteiger partial charge in [-0.3, -0.25) is 4.98 Å². The maximum absolute atomic E-state index is 12.9. The maximum Gasteiger partial charge on any atom is 0.280 e. The van der Waals surface area contributed by atoms with Crippen LogP contribution in [0.25, 0.3) is 17.0 Å². The molecule has 0 aliphatic heterocycles. The molecular formula is C17H11ClF2N6. The van der Waals surface area contributed by atoms with E-state index in [0.29, 0.717) is 22.0 Å². The van der Waals surface area contributed by atoms with Crippen LogP contribution >= 0.6 is 11.6 Å². The molecule has 0 radical (unpaired) electrons. The predicted octanol–water partition coefficient (Wildman–Crippen LogP) is 4.52. The van der Waals surface area contributed by atoms with Gasteiger partial charge in [0, 0.05) is 18.6 Å². The van der Waals surface area contributed by atoms with E-state index in [1.807, 2.05) is 6.07 Å². The molecule has 0 atom stereocenters. The summed E-state index contributed by atoms with van der Waals surface area (Å²) in [5.41, 5.74) is 1.24. The van der Waals surface area contributed by atoms with Crippen LogP contribution in [0.1, 0.15) is 12.1 Å². The number of alkyl halides is 2. The lowest BCUT2D eigenvalue weighted by molar-refractivity contribution is 0.146. The van der Waals surface area contributed by atoms with Gasteiger partial charge >= 0.3 is 0 Å². The van der Waals surface area contributed by atoms with Crippen molar-refractivity contribution in [3.05, 3.63) is 65.7 Å². The van der Waals surface area contributed by atoms with Crippen molar-refractivity contribution < 1.29 is 8.78 Å². The number of aromatic nitrogens is 5. The molecule has 0 aliphatic rings. The van der Waals surface area contributed by atoms with Crippen LogP contribution in [0.15, 0.2) is 55.0 Å². The van der Waals surface area contributed by atoms with Gasteiger partial charge in [-0.1, -0.05) is 17.7 Å². The highest BCUT2D eigenvalue weighted by Crippen LogP contribution is 2.27. The molecule has 4 rings (SSSR count). The third kappa shape index (κ3) is 3.06. The molecule has 0 unspecified atom stereocenters. The molecule has 0 saturated carbocycles. The molecule has 6 nitrogen and oxygen atoms in total. The number of fused-ring (bicyclic) bond motifs is 1. The SMILES string of the molecule is FC(F)c1cccc(-c2nc(Nc3ccncc3Cl)c3cccn3n2)n1. The molecule has 130 valence electrons. The first-order chi connectivity index (χ1) is 12.6. The Bertz CT molecular complexity index is 1080. The van der Waals surface area contributed by atoms with E-state index in [-0.39, 0.29) is 17.2 Å². The summed E-state index contributed by atoms with van der Waals surface area (Å²) in [5, 5.41) is 7.90. The van der Waals surface area contributed by atoms with Crippen molar-refractivity contribution in [3.8, 4) is 11.5 Å². The third-order valence-electron chi connectivity index (χ3n) is 3.64. The van der Waals surface area contributed by atoms with E-state index >= 15 is 0 Å². The number of hydrogen-bond donors (Lipinski definition) is 1. The van der Waals surface area contributed by atoms with E-state index in [2.05, 4.69) is 25.4 Å². The lowest BCUT2D eigenvalue weighted by atomic mass is 10.3. The van der Waals surface area contributed by atoms with Crippen LogP contribution in [0.5, 0.6) is 0 Å². The number of pyridine rings is 2. The van der Waals surface area contributed by atoms with Crippen LogP contribution in [-0.2, 0) is 0 Å². The highest BCUT2D eigenvalue weighted by Gasteiger charge is 2.14. The monoisotopic (exact) mass is 372 g/mol. The molecule has 9 heteroatoms. The Hall–Kier alpha value is -3.13. The Morgan fingerprint density at radius 1 is 1.08 bits per heavy atom. The second-order valence-corrected chi connectivity index (χ2v) is 5.76. The van der Waals surface area contributed by atoms with Crippen molar-refractivity contribution in [2.45, 2.75) is 6.43 Å². The topological polar surface area (TPSA) is 68.0 Å². The molecular weight excluding hydrogens is 362 g/mol. The van der Waals surface area contributed by atoms with Crippen molar-refractivity contribution in [2.75, 3.05) is 5.32 Å². The fourth-order valence-corrected chi connectivity index (χ4v) is 2.60. The molecule has 0 saturated heterocycles. The van der Waals surface area contributed by atoms with Gasteiger partial charge in [-0.05, 0) is 30.3 Å². The largest absolute Gasteiger partial charge is 0.337 e. The maximum atomic E-state index is 12.9. The summed E-state index contributed by atoms with van der Waals surface area (Å²) in [4.78, 5) is 12.3. The summed E-state index contributed by atoms with van der Waals surface area (Å²) in [7, 11) is 0. The van der Waals surface area contributed by atoms with Crippen LogP contribution in [-0.4, -0.2) is 24.6 Å². The fraction of sp³-hybridized carbons (Fsp3) is 0.0588. The molecule has 0 aliphatic carbocycles. The number of nitrogens with one attached hydrogen (secondary N) is 1. The summed E-state index contributed by atoms with van der Waals surface area (Å²) in [6.07, 6.45) is 2.17. The van der Waals surface area contributed by atoms with Gasteiger partial charge in [0.1, 0.15) is 16.9 Å². The number of anilines is 2. The highest BCUT2D eigenvalue weighted by atomic mass is 35.5. The zero-order valence-electron chi connectivity index (χ0n) is 13.1. The number of nitrogens with zero attached hydrogens (tertiary/aromatic N) is 5. The van der Waals surface area contributed by atoms with Crippen LogP contribution < -0.4 is 5.32 Å². The summed E-state index contributed by atoms with van der Waals surface area (Å²) in [6, 6.07) is 9.68. The second kappa shape index (κ2) is 6.64. The van der Waals surface area contributed by atoms with E-state index in [1.54, 1.807) is 35.1 Å². The predicted molar refractivity (Wildman–Crippen MR) is 93.7 cm³/mol. The first-order valence-corrected chi connectivity index (χ1v) is 7.97. The molecule has 0 spiro atoms. The number of rotatable bonds is 4. The molecule has 4 aromatic rings. The van der Waals surface area contributed by atoms with Gasteiger partial charge in [0.05, 0.1) is 10.7 Å². The van der Waals surface area contributed by atoms with Crippen LogP contribution in [0.4, 0.5) is 20.3 Å². The lowest BCUT2D eigenvalue weighted by Gasteiger charge is -2.11. The first kappa shape index (κ1) is 16.3. The van der Waals surface area contributed by atoms with Crippen LogP contribution in [0.3, 0.4) is 0 Å². The van der Waals surface area contributed by atoms with Crippen molar-refractivity contribution >= 4 is 28.6 Å². The van der Waals surface area contributed by atoms with Crippen molar-refractivity contribution in [1.29, 1.82) is 0 Å². The van der Waals surface area contributed by atoms with Crippen molar-refractivity contribution in [2.24, 2.45) is 0 Å². The van der Waals surface area contributed by atoms with E-state index in [9.17, 15) is 8.78 Å². The van der Waals surface area contributed by atoms with Crippen molar-refractivity contribution in [3.63, 3.8) is 0 Å². The van der Waals surface area contributed by atoms with Gasteiger partial charge in [-0.15, -0.1) is 5.10 Å². The summed E-state index contributed by atoms with van der Waals surface area (Å²) < 4.78 is 27.5. The van der Waals surface area contributed by atoms with Gasteiger partial charge in [-0.25, -0.2) is 23.3 Å². The third-order valence-corrected chi connectivity index (χ3v) is 3.94. The smallest absolute Gasteiger partial charge is 0.280 e. The van der Waals surface area contributed by atoms with Gasteiger partial charge in [-0.2, -0.15) is 0 Å². The van der Waals surface area contributed by atoms with E-state index in [0.717, 1.165) is 0 Å². The van der Waals surface area contributed by atoms with Gasteiger partial charge < -0.3 is 5.32 Å². The molecule has 4 heterocycles. The van der Waals surface area contributed by atoms with Crippen LogP contribution in [0.2, 0.25) is 5.02 Å². The minimum Gasteiger partial charge on any atom is -0.337 e. The molecule has 4 aromatic heterocycles. The standard InChI is InChI=1S/C17H11ClF2N6/c18-10-9-21-7-6-11(10)23-17-14-5-2-8-26(14)25-16(24-17)13-4-1-3-12(22-13)15(19)20/h1-9,15H,(H,21,23,24,25). The van der Waals surface area contributed by atoms with E-state index < -0.39 is 6.43 Å². The molecule has 0 bridgehead atoms. The average molecular weight is 373 g/mol. The molecule has 0 amide bonds. The Balaban J connectivity index is 1.83. The minimum absolute atomic E-state index is 0.212. The quantitative estimate of drug-likeness (QED) is 0.570.